The number of benzene rings is 1. The maximum atomic E-state index is 13.0. The predicted molar refractivity (Wildman–Crippen MR) is 84.3 cm³/mol. The maximum absolute atomic E-state index is 13.0. The van der Waals surface area contributed by atoms with Gasteiger partial charge in [-0.15, -0.1) is 17.0 Å². The van der Waals surface area contributed by atoms with Crippen molar-refractivity contribution in [2.75, 3.05) is 18.4 Å². The molecule has 0 atom stereocenters. The summed E-state index contributed by atoms with van der Waals surface area (Å²) in [5.41, 5.74) is 1.91. The molecule has 5 heteroatoms. The van der Waals surface area contributed by atoms with Crippen molar-refractivity contribution in [2.45, 2.75) is 25.6 Å². The number of hydrogen-bond donors (Lipinski definition) is 0. The Balaban J connectivity index is 0.00000180. The van der Waals surface area contributed by atoms with Gasteiger partial charge in [0.1, 0.15) is 6.17 Å². The van der Waals surface area contributed by atoms with Gasteiger partial charge in [-0.1, -0.05) is 40.2 Å². The Morgan fingerprint density at radius 2 is 1.84 bits per heavy atom. The van der Waals surface area contributed by atoms with E-state index in [9.17, 15) is 9.18 Å². The van der Waals surface area contributed by atoms with Crippen molar-refractivity contribution in [3.05, 3.63) is 35.4 Å². The highest BCUT2D eigenvalue weighted by molar-refractivity contribution is 9.09. The average Bonchev–Trinajstić information content (AvgIpc) is 2.41. The van der Waals surface area contributed by atoms with E-state index in [-0.39, 0.29) is 22.8 Å². The van der Waals surface area contributed by atoms with Crippen LogP contribution in [0.4, 0.5) is 4.39 Å². The largest absolute Gasteiger partial charge is 0.299 e. The van der Waals surface area contributed by atoms with Crippen LogP contribution in [0.3, 0.4) is 0 Å². The second-order valence-corrected chi connectivity index (χ2v) is 5.27. The lowest BCUT2D eigenvalue weighted by atomic mass is 10.1. The van der Waals surface area contributed by atoms with E-state index in [4.69, 9.17) is 0 Å². The summed E-state index contributed by atoms with van der Waals surface area (Å²) >= 11 is 3.16. The SMILES string of the molecule is Br.O=C(CBr)c1ccc(CN2CCC(F)CC2)cc1. The summed E-state index contributed by atoms with van der Waals surface area (Å²) in [6, 6.07) is 7.69. The maximum Gasteiger partial charge on any atom is 0.173 e. The fourth-order valence-electron chi connectivity index (χ4n) is 2.19. The van der Waals surface area contributed by atoms with Gasteiger partial charge < -0.3 is 0 Å². The Labute approximate surface area is 132 Å². The van der Waals surface area contributed by atoms with Gasteiger partial charge >= 0.3 is 0 Å². The van der Waals surface area contributed by atoms with E-state index in [1.165, 1.54) is 5.56 Å². The van der Waals surface area contributed by atoms with Crippen molar-refractivity contribution < 1.29 is 9.18 Å². The Kier molecular flexibility index (Phi) is 7.18. The number of Topliss-reactive ketones (excluding diaryl/α,β-unsaturated/α-hetero) is 1. The molecule has 0 spiro atoms. The molecule has 2 rings (SSSR count). The molecule has 0 saturated carbocycles. The number of carbonyl (C=O) groups excluding carboxylic acids is 1. The topological polar surface area (TPSA) is 20.3 Å². The first kappa shape index (κ1) is 16.8. The minimum Gasteiger partial charge on any atom is -0.299 e. The monoisotopic (exact) mass is 393 g/mol. The zero-order chi connectivity index (χ0) is 13.0. The van der Waals surface area contributed by atoms with E-state index in [1.807, 2.05) is 24.3 Å². The van der Waals surface area contributed by atoms with Crippen LogP contribution >= 0.6 is 32.9 Å². The van der Waals surface area contributed by atoms with Crippen LogP contribution < -0.4 is 0 Å². The molecule has 1 fully saturated rings. The molecule has 0 bridgehead atoms. The molecule has 0 unspecified atom stereocenters. The number of nitrogens with zero attached hydrogens (tertiary/aromatic N) is 1. The number of carbonyl (C=O) groups is 1. The van der Waals surface area contributed by atoms with Gasteiger partial charge in [-0.05, 0) is 18.4 Å². The fraction of sp³-hybridized carbons (Fsp3) is 0.500. The smallest absolute Gasteiger partial charge is 0.173 e. The van der Waals surface area contributed by atoms with E-state index in [0.29, 0.717) is 18.2 Å². The molecule has 1 saturated heterocycles. The van der Waals surface area contributed by atoms with Crippen molar-refractivity contribution in [2.24, 2.45) is 0 Å². The van der Waals surface area contributed by atoms with Gasteiger partial charge in [-0.3, -0.25) is 9.69 Å². The molecule has 0 N–H and O–H groups in total. The summed E-state index contributed by atoms with van der Waals surface area (Å²) in [4.78, 5) is 13.7. The van der Waals surface area contributed by atoms with Gasteiger partial charge in [-0.2, -0.15) is 0 Å². The lowest BCUT2D eigenvalue weighted by Gasteiger charge is -2.28. The summed E-state index contributed by atoms with van der Waals surface area (Å²) in [7, 11) is 0. The summed E-state index contributed by atoms with van der Waals surface area (Å²) < 4.78 is 13.0. The lowest BCUT2D eigenvalue weighted by molar-refractivity contribution is 0.102. The van der Waals surface area contributed by atoms with Crippen LogP contribution in [0.5, 0.6) is 0 Å². The Morgan fingerprint density at radius 1 is 1.26 bits per heavy atom. The third-order valence-corrected chi connectivity index (χ3v) is 3.83. The van der Waals surface area contributed by atoms with Crippen LogP contribution in [0.2, 0.25) is 0 Å². The van der Waals surface area contributed by atoms with E-state index in [0.717, 1.165) is 25.2 Å². The highest BCUT2D eigenvalue weighted by Crippen LogP contribution is 2.16. The lowest BCUT2D eigenvalue weighted by Crippen LogP contribution is -2.33. The van der Waals surface area contributed by atoms with Crippen LogP contribution in [0.25, 0.3) is 0 Å². The summed E-state index contributed by atoms with van der Waals surface area (Å²) in [5, 5.41) is 0.358. The molecule has 106 valence electrons. The molecular formula is C14H18Br2FNO. The van der Waals surface area contributed by atoms with E-state index >= 15 is 0 Å². The molecule has 2 nitrogen and oxygen atoms in total. The summed E-state index contributed by atoms with van der Waals surface area (Å²) in [6.07, 6.45) is 0.653. The van der Waals surface area contributed by atoms with Crippen LogP contribution in [0, 0.1) is 0 Å². The Morgan fingerprint density at radius 3 is 2.37 bits per heavy atom. The second kappa shape index (κ2) is 8.12. The fourth-order valence-corrected chi connectivity index (χ4v) is 2.51. The predicted octanol–water partition coefficient (Wildman–Crippen LogP) is 3.78. The molecule has 19 heavy (non-hydrogen) atoms. The summed E-state index contributed by atoms with van der Waals surface area (Å²) in [5.74, 6) is 0.0970. The molecule has 0 radical (unpaired) electrons. The second-order valence-electron chi connectivity index (χ2n) is 4.70. The van der Waals surface area contributed by atoms with Crippen molar-refractivity contribution in [3.63, 3.8) is 0 Å². The number of ketones is 1. The van der Waals surface area contributed by atoms with E-state index in [2.05, 4.69) is 20.8 Å². The number of rotatable bonds is 4. The molecule has 0 aliphatic carbocycles. The minimum absolute atomic E-state index is 0. The first-order chi connectivity index (χ1) is 8.69. The van der Waals surface area contributed by atoms with Gasteiger partial charge in [0.05, 0.1) is 5.33 Å². The van der Waals surface area contributed by atoms with Crippen molar-refractivity contribution >= 4 is 38.7 Å². The molecule has 1 aromatic rings. The van der Waals surface area contributed by atoms with E-state index in [1.54, 1.807) is 0 Å². The normalized spacial score (nSPS) is 16.9. The Bertz CT molecular complexity index is 402. The molecule has 1 heterocycles. The molecule has 0 amide bonds. The highest BCUT2D eigenvalue weighted by Gasteiger charge is 2.18. The van der Waals surface area contributed by atoms with Crippen molar-refractivity contribution in [1.29, 1.82) is 0 Å². The molecule has 1 aliphatic heterocycles. The number of likely N-dealkylation sites (tertiary alicyclic amines) is 1. The first-order valence-electron chi connectivity index (χ1n) is 6.23. The first-order valence-corrected chi connectivity index (χ1v) is 7.35. The van der Waals surface area contributed by atoms with Crippen LogP contribution in [0.1, 0.15) is 28.8 Å². The van der Waals surface area contributed by atoms with Crippen molar-refractivity contribution in [3.8, 4) is 0 Å². The third kappa shape index (κ3) is 4.97. The highest BCUT2D eigenvalue weighted by atomic mass is 79.9. The van der Waals surface area contributed by atoms with Crippen LogP contribution in [-0.4, -0.2) is 35.3 Å². The van der Waals surface area contributed by atoms with Gasteiger partial charge in [0, 0.05) is 25.2 Å². The van der Waals surface area contributed by atoms with Crippen LogP contribution in [0.15, 0.2) is 24.3 Å². The number of halogens is 3. The quantitative estimate of drug-likeness (QED) is 0.572. The molecule has 1 aliphatic rings. The van der Waals surface area contributed by atoms with Gasteiger partial charge in [0.15, 0.2) is 5.78 Å². The minimum atomic E-state index is -0.625. The van der Waals surface area contributed by atoms with Gasteiger partial charge in [0.2, 0.25) is 0 Å². The number of piperidine rings is 1. The molecule has 0 aromatic heterocycles. The molecular weight excluding hydrogens is 377 g/mol. The zero-order valence-electron chi connectivity index (χ0n) is 10.6. The van der Waals surface area contributed by atoms with Crippen molar-refractivity contribution in [1.82, 2.24) is 4.90 Å². The zero-order valence-corrected chi connectivity index (χ0v) is 13.9. The van der Waals surface area contributed by atoms with Gasteiger partial charge in [-0.25, -0.2) is 4.39 Å². The molecule has 1 aromatic carbocycles. The number of alkyl halides is 2. The summed E-state index contributed by atoms with van der Waals surface area (Å²) in [6.45, 7) is 2.49. The number of hydrogen-bond acceptors (Lipinski definition) is 2. The third-order valence-electron chi connectivity index (χ3n) is 3.32. The van der Waals surface area contributed by atoms with E-state index < -0.39 is 6.17 Å². The Hall–Kier alpha value is -0.260. The average molecular weight is 395 g/mol. The standard InChI is InChI=1S/C14H17BrFNO.BrH/c15-9-14(18)12-3-1-11(2-4-12)10-17-7-5-13(16)6-8-17;/h1-4,13H,5-10H2;1H. The van der Waals surface area contributed by atoms with Crippen LogP contribution in [-0.2, 0) is 6.54 Å². The van der Waals surface area contributed by atoms with Gasteiger partial charge in [0.25, 0.3) is 0 Å².